The summed E-state index contributed by atoms with van der Waals surface area (Å²) in [5.74, 6) is 0.839. The number of hydrogen-bond donors (Lipinski definition) is 2. The van der Waals surface area contributed by atoms with E-state index in [0.717, 1.165) is 25.1 Å². The van der Waals surface area contributed by atoms with Gasteiger partial charge in [0.25, 0.3) is 0 Å². The highest BCUT2D eigenvalue weighted by atomic mass is 16.5. The average molecular weight is 273 g/mol. The number of phenols is 1. The molecule has 0 bridgehead atoms. The van der Waals surface area contributed by atoms with Crippen LogP contribution in [-0.4, -0.2) is 40.9 Å². The first kappa shape index (κ1) is 12.2. The molecule has 1 spiro atoms. The topological polar surface area (TPSA) is 52.9 Å². The highest BCUT2D eigenvalue weighted by molar-refractivity contribution is 5.60. The van der Waals surface area contributed by atoms with E-state index in [1.54, 1.807) is 6.07 Å². The lowest BCUT2D eigenvalue weighted by Crippen LogP contribution is -2.42. The molecule has 4 heteroatoms. The molecule has 2 N–H and O–H groups in total. The Morgan fingerprint density at radius 1 is 1.40 bits per heavy atom. The van der Waals surface area contributed by atoms with E-state index in [9.17, 15) is 10.2 Å². The molecule has 1 aromatic carbocycles. The largest absolute Gasteiger partial charge is 0.504 e. The average Bonchev–Trinajstić information content (AvgIpc) is 2.68. The van der Waals surface area contributed by atoms with Gasteiger partial charge in [-0.15, -0.1) is 0 Å². The van der Waals surface area contributed by atoms with Crippen molar-refractivity contribution < 1.29 is 14.9 Å². The molecule has 0 aromatic heterocycles. The lowest BCUT2D eigenvalue weighted by molar-refractivity contribution is 0.0822. The van der Waals surface area contributed by atoms with Gasteiger partial charge < -0.3 is 19.8 Å². The molecule has 3 atom stereocenters. The third-order valence-corrected chi connectivity index (χ3v) is 4.94. The van der Waals surface area contributed by atoms with Gasteiger partial charge >= 0.3 is 0 Å². The summed E-state index contributed by atoms with van der Waals surface area (Å²) in [6.45, 7) is 1.85. The molecule has 1 aliphatic carbocycles. The molecule has 2 heterocycles. The maximum Gasteiger partial charge on any atom is 0.165 e. The van der Waals surface area contributed by atoms with Crippen LogP contribution >= 0.6 is 0 Å². The third kappa shape index (κ3) is 1.49. The summed E-state index contributed by atoms with van der Waals surface area (Å²) in [4.78, 5) is 2.30. The summed E-state index contributed by atoms with van der Waals surface area (Å²) in [5, 5.41) is 20.0. The first-order valence-corrected chi connectivity index (χ1v) is 7.18. The van der Waals surface area contributed by atoms with Crippen LogP contribution in [0.2, 0.25) is 0 Å². The van der Waals surface area contributed by atoms with E-state index in [-0.39, 0.29) is 17.3 Å². The van der Waals surface area contributed by atoms with E-state index in [2.05, 4.69) is 18.0 Å². The SMILES string of the molecule is CN1CCC23C=C[C@H](O)CC2Oc2c(O)ccc(c23)C1. The fraction of sp³-hybridized carbons (Fsp3) is 0.500. The van der Waals surface area contributed by atoms with Crippen molar-refractivity contribution >= 4 is 0 Å². The number of phenolic OH excluding ortho intramolecular Hbond substituents is 1. The minimum atomic E-state index is -0.452. The predicted molar refractivity (Wildman–Crippen MR) is 74.9 cm³/mol. The summed E-state index contributed by atoms with van der Waals surface area (Å²) < 4.78 is 6.04. The molecular formula is C16H19NO3. The number of ether oxygens (including phenoxy) is 1. The van der Waals surface area contributed by atoms with Crippen LogP contribution in [0.4, 0.5) is 0 Å². The van der Waals surface area contributed by atoms with Gasteiger partial charge in [-0.25, -0.2) is 0 Å². The van der Waals surface area contributed by atoms with Gasteiger partial charge in [-0.3, -0.25) is 0 Å². The highest BCUT2D eigenvalue weighted by Crippen LogP contribution is 2.55. The standard InChI is InChI=1S/C16H19NO3/c1-17-7-6-16-5-4-11(18)8-13(16)20-15-12(19)3-2-10(9-17)14(15)16/h2-5,11,13,18-19H,6-9H2,1H3/t11-,13?,16?/m0/s1. The van der Waals surface area contributed by atoms with Crippen LogP contribution < -0.4 is 4.74 Å². The van der Waals surface area contributed by atoms with Gasteiger partial charge in [0, 0.05) is 18.5 Å². The Morgan fingerprint density at radius 3 is 3.10 bits per heavy atom. The molecule has 2 unspecified atom stereocenters. The van der Waals surface area contributed by atoms with Crippen LogP contribution in [0.3, 0.4) is 0 Å². The number of aliphatic hydroxyl groups is 1. The van der Waals surface area contributed by atoms with Crippen molar-refractivity contribution in [1.29, 1.82) is 0 Å². The molecule has 4 rings (SSSR count). The van der Waals surface area contributed by atoms with E-state index >= 15 is 0 Å². The first-order chi connectivity index (χ1) is 9.60. The van der Waals surface area contributed by atoms with Crippen molar-refractivity contribution in [2.75, 3.05) is 13.6 Å². The molecule has 0 amide bonds. The number of benzene rings is 1. The van der Waals surface area contributed by atoms with Gasteiger partial charge in [0.1, 0.15) is 6.10 Å². The van der Waals surface area contributed by atoms with Crippen molar-refractivity contribution in [3.05, 3.63) is 35.4 Å². The highest BCUT2D eigenvalue weighted by Gasteiger charge is 2.52. The first-order valence-electron chi connectivity index (χ1n) is 7.18. The van der Waals surface area contributed by atoms with Crippen LogP contribution in [0.25, 0.3) is 0 Å². The van der Waals surface area contributed by atoms with Gasteiger partial charge in [0.2, 0.25) is 0 Å². The van der Waals surface area contributed by atoms with Gasteiger partial charge in [0.05, 0.1) is 11.5 Å². The Balaban J connectivity index is 1.96. The summed E-state index contributed by atoms with van der Waals surface area (Å²) in [5.41, 5.74) is 2.17. The molecule has 2 aliphatic heterocycles. The van der Waals surface area contributed by atoms with Gasteiger partial charge in [-0.1, -0.05) is 18.2 Å². The van der Waals surface area contributed by atoms with Crippen molar-refractivity contribution in [2.24, 2.45) is 0 Å². The molecule has 20 heavy (non-hydrogen) atoms. The molecular weight excluding hydrogens is 254 g/mol. The summed E-state index contributed by atoms with van der Waals surface area (Å²) in [6, 6.07) is 3.72. The fourth-order valence-corrected chi connectivity index (χ4v) is 3.93. The van der Waals surface area contributed by atoms with E-state index in [4.69, 9.17) is 4.74 Å². The summed E-state index contributed by atoms with van der Waals surface area (Å²) in [7, 11) is 2.12. The van der Waals surface area contributed by atoms with E-state index in [0.29, 0.717) is 12.2 Å². The van der Waals surface area contributed by atoms with E-state index in [1.165, 1.54) is 5.56 Å². The zero-order valence-electron chi connectivity index (χ0n) is 11.5. The lowest BCUT2D eigenvalue weighted by Gasteiger charge is -2.35. The maximum atomic E-state index is 10.1. The summed E-state index contributed by atoms with van der Waals surface area (Å²) in [6.07, 6.45) is 5.02. The smallest absolute Gasteiger partial charge is 0.165 e. The van der Waals surface area contributed by atoms with Crippen molar-refractivity contribution in [3.8, 4) is 11.5 Å². The zero-order valence-corrected chi connectivity index (χ0v) is 11.5. The number of rotatable bonds is 0. The minimum absolute atomic E-state index is 0.0731. The normalized spacial score (nSPS) is 35.1. The number of nitrogens with zero attached hydrogens (tertiary/aromatic N) is 1. The Labute approximate surface area is 118 Å². The maximum absolute atomic E-state index is 10.1. The van der Waals surface area contributed by atoms with Crippen LogP contribution in [0.1, 0.15) is 24.0 Å². The van der Waals surface area contributed by atoms with Gasteiger partial charge in [0.15, 0.2) is 11.5 Å². The fourth-order valence-electron chi connectivity index (χ4n) is 3.93. The second-order valence-electron chi connectivity index (χ2n) is 6.24. The van der Waals surface area contributed by atoms with Crippen molar-refractivity contribution in [2.45, 2.75) is 37.0 Å². The molecule has 0 radical (unpaired) electrons. The van der Waals surface area contributed by atoms with Crippen LogP contribution in [0, 0.1) is 0 Å². The number of aliphatic hydroxyl groups excluding tert-OH is 1. The molecule has 106 valence electrons. The monoisotopic (exact) mass is 273 g/mol. The van der Waals surface area contributed by atoms with E-state index < -0.39 is 6.10 Å². The molecule has 1 aromatic rings. The van der Waals surface area contributed by atoms with Crippen LogP contribution in [0.15, 0.2) is 24.3 Å². The zero-order chi connectivity index (χ0) is 13.9. The Hall–Kier alpha value is -1.52. The van der Waals surface area contributed by atoms with Crippen LogP contribution in [-0.2, 0) is 12.0 Å². The molecule has 0 saturated heterocycles. The Bertz CT molecular complexity index is 598. The Morgan fingerprint density at radius 2 is 2.25 bits per heavy atom. The quantitative estimate of drug-likeness (QED) is 0.704. The molecule has 4 nitrogen and oxygen atoms in total. The van der Waals surface area contributed by atoms with Gasteiger partial charge in [-0.2, -0.15) is 0 Å². The lowest BCUT2D eigenvalue weighted by atomic mass is 9.69. The van der Waals surface area contributed by atoms with Crippen LogP contribution in [0.5, 0.6) is 11.5 Å². The predicted octanol–water partition coefficient (Wildman–Crippen LogP) is 1.55. The molecule has 3 aliphatic rings. The number of aromatic hydroxyl groups is 1. The summed E-state index contributed by atoms with van der Waals surface area (Å²) >= 11 is 0. The second kappa shape index (κ2) is 3.99. The minimum Gasteiger partial charge on any atom is -0.504 e. The Kier molecular flexibility index (Phi) is 2.44. The molecule has 0 fully saturated rings. The van der Waals surface area contributed by atoms with Crippen molar-refractivity contribution in [3.63, 3.8) is 0 Å². The third-order valence-electron chi connectivity index (χ3n) is 4.94. The number of hydrogen-bond acceptors (Lipinski definition) is 4. The second-order valence-corrected chi connectivity index (χ2v) is 6.24. The van der Waals surface area contributed by atoms with Gasteiger partial charge in [-0.05, 0) is 31.6 Å². The molecule has 0 saturated carbocycles. The van der Waals surface area contributed by atoms with E-state index in [1.807, 2.05) is 12.1 Å². The van der Waals surface area contributed by atoms with Crippen molar-refractivity contribution in [1.82, 2.24) is 4.90 Å².